The van der Waals surface area contributed by atoms with Crippen LogP contribution >= 0.6 is 11.8 Å². The first kappa shape index (κ1) is 17.5. The minimum absolute atomic E-state index is 0.0165. The van der Waals surface area contributed by atoms with Crippen molar-refractivity contribution in [3.63, 3.8) is 0 Å². The summed E-state index contributed by atoms with van der Waals surface area (Å²) < 4.78 is 1.93. The number of likely N-dealkylation sites (N-methyl/N-ethyl adjacent to an activating group) is 1. The average molecular weight is 334 g/mol. The quantitative estimate of drug-likeness (QED) is 0.686. The molecule has 2 aromatic rings. The molecule has 0 radical (unpaired) electrons. The molecule has 0 bridgehead atoms. The van der Waals surface area contributed by atoms with Crippen LogP contribution in [0, 0.1) is 0 Å². The summed E-state index contributed by atoms with van der Waals surface area (Å²) in [4.78, 5) is 13.4. The number of aromatic nitrogens is 3. The van der Waals surface area contributed by atoms with Crippen molar-refractivity contribution in [1.29, 1.82) is 0 Å². The normalized spacial score (nSPS) is 12.3. The van der Waals surface area contributed by atoms with Crippen molar-refractivity contribution in [1.82, 2.24) is 20.1 Å². The number of nitrogens with zero attached hydrogens (tertiary/aromatic N) is 3. The van der Waals surface area contributed by atoms with Gasteiger partial charge in [-0.05, 0) is 6.92 Å². The number of hydrogen-bond donors (Lipinski definition) is 2. The van der Waals surface area contributed by atoms with E-state index in [0.29, 0.717) is 12.3 Å². The molecule has 0 aliphatic carbocycles. The van der Waals surface area contributed by atoms with Crippen LogP contribution < -0.4 is 10.2 Å². The van der Waals surface area contributed by atoms with Crippen LogP contribution in [-0.2, 0) is 11.3 Å². The first-order chi connectivity index (χ1) is 11.1. The van der Waals surface area contributed by atoms with Gasteiger partial charge >= 0.3 is 0 Å². The van der Waals surface area contributed by atoms with Gasteiger partial charge in [0.1, 0.15) is 12.4 Å². The van der Waals surface area contributed by atoms with E-state index in [4.69, 9.17) is 0 Å². The highest BCUT2D eigenvalue weighted by Crippen LogP contribution is 2.14. The van der Waals surface area contributed by atoms with Gasteiger partial charge in [0.05, 0.1) is 26.4 Å². The predicted molar refractivity (Wildman–Crippen MR) is 91.4 cm³/mol. The highest BCUT2D eigenvalue weighted by Gasteiger charge is 2.18. The molecule has 0 saturated heterocycles. The molecule has 0 spiro atoms. The third kappa shape index (κ3) is 5.07. The standard InChI is InChI=1S/C16H23N5OS/c1-4-21-12-18-19-16(21)23-11-15(22)17-10-14(20(2)3)13-8-6-5-7-9-13/h5-9,12,14H,4,10-11H2,1-3H3,(H,17,22)/p+1/t14-/m1/s1. The molecular weight excluding hydrogens is 310 g/mol. The molecule has 6 nitrogen and oxygen atoms in total. The van der Waals surface area contributed by atoms with Crippen molar-refractivity contribution in [3.05, 3.63) is 42.2 Å². The second-order valence-corrected chi connectivity index (χ2v) is 6.48. The molecule has 1 atom stereocenters. The minimum Gasteiger partial charge on any atom is -0.349 e. The maximum Gasteiger partial charge on any atom is 0.230 e. The van der Waals surface area contributed by atoms with E-state index in [9.17, 15) is 4.79 Å². The zero-order valence-corrected chi connectivity index (χ0v) is 14.6. The Morgan fingerprint density at radius 3 is 2.74 bits per heavy atom. The number of carbonyl (C=O) groups is 1. The fourth-order valence-electron chi connectivity index (χ4n) is 2.31. The van der Waals surface area contributed by atoms with Crippen LogP contribution in [-0.4, -0.2) is 47.1 Å². The van der Waals surface area contributed by atoms with E-state index in [2.05, 4.69) is 41.7 Å². The number of carbonyl (C=O) groups excluding carboxylic acids is 1. The Morgan fingerprint density at radius 2 is 2.09 bits per heavy atom. The average Bonchev–Trinajstić information content (AvgIpc) is 3.01. The van der Waals surface area contributed by atoms with Gasteiger partial charge in [0, 0.05) is 12.1 Å². The molecule has 1 amide bonds. The lowest BCUT2D eigenvalue weighted by Gasteiger charge is -2.22. The Morgan fingerprint density at radius 1 is 1.35 bits per heavy atom. The molecule has 0 unspecified atom stereocenters. The number of quaternary nitrogens is 1. The summed E-state index contributed by atoms with van der Waals surface area (Å²) in [6.07, 6.45) is 1.68. The number of nitrogens with one attached hydrogen (secondary N) is 2. The van der Waals surface area contributed by atoms with Crippen LogP contribution in [0.5, 0.6) is 0 Å². The predicted octanol–water partition coefficient (Wildman–Crippen LogP) is 0.392. The minimum atomic E-state index is 0.0165. The lowest BCUT2D eigenvalue weighted by atomic mass is 10.1. The fourth-order valence-corrected chi connectivity index (χ4v) is 3.12. The van der Waals surface area contributed by atoms with E-state index in [1.807, 2.05) is 29.7 Å². The molecule has 124 valence electrons. The Hall–Kier alpha value is -1.86. The van der Waals surface area contributed by atoms with Gasteiger partial charge in [0.2, 0.25) is 5.91 Å². The summed E-state index contributed by atoms with van der Waals surface area (Å²) in [6.45, 7) is 3.45. The summed E-state index contributed by atoms with van der Waals surface area (Å²) in [7, 11) is 4.20. The smallest absolute Gasteiger partial charge is 0.230 e. The summed E-state index contributed by atoms with van der Waals surface area (Å²) >= 11 is 1.41. The van der Waals surface area contributed by atoms with Gasteiger partial charge in [-0.15, -0.1) is 10.2 Å². The maximum absolute atomic E-state index is 12.1. The highest BCUT2D eigenvalue weighted by molar-refractivity contribution is 7.99. The number of amides is 1. The molecule has 0 saturated carbocycles. The summed E-state index contributed by atoms with van der Waals surface area (Å²) in [6, 6.07) is 10.5. The van der Waals surface area contributed by atoms with Crippen molar-refractivity contribution >= 4 is 17.7 Å². The first-order valence-electron chi connectivity index (χ1n) is 7.74. The molecule has 0 aliphatic heterocycles. The van der Waals surface area contributed by atoms with Crippen LogP contribution in [0.25, 0.3) is 0 Å². The topological polar surface area (TPSA) is 64.2 Å². The first-order valence-corrected chi connectivity index (χ1v) is 8.72. The van der Waals surface area contributed by atoms with Crippen molar-refractivity contribution in [3.8, 4) is 0 Å². The van der Waals surface area contributed by atoms with Crippen LogP contribution in [0.3, 0.4) is 0 Å². The third-order valence-corrected chi connectivity index (χ3v) is 4.64. The Labute approximate surface area is 141 Å². The van der Waals surface area contributed by atoms with E-state index in [1.165, 1.54) is 22.2 Å². The van der Waals surface area contributed by atoms with E-state index < -0.39 is 0 Å². The molecule has 0 aliphatic rings. The molecule has 7 heteroatoms. The zero-order valence-electron chi connectivity index (χ0n) is 13.8. The van der Waals surface area contributed by atoms with Crippen LogP contribution in [0.2, 0.25) is 0 Å². The molecule has 1 heterocycles. The Balaban J connectivity index is 1.85. The van der Waals surface area contributed by atoms with Crippen LogP contribution in [0.1, 0.15) is 18.5 Å². The SMILES string of the molecule is CCn1cnnc1SCC(=O)NC[C@H](c1ccccc1)[NH+](C)C. The molecular formula is C16H24N5OS+. The van der Waals surface area contributed by atoms with Crippen molar-refractivity contribution in [2.75, 3.05) is 26.4 Å². The maximum atomic E-state index is 12.1. The summed E-state index contributed by atoms with van der Waals surface area (Å²) in [5.74, 6) is 0.367. The largest absolute Gasteiger partial charge is 0.349 e. The number of hydrogen-bond acceptors (Lipinski definition) is 4. The van der Waals surface area contributed by atoms with Crippen LogP contribution in [0.4, 0.5) is 0 Å². The summed E-state index contributed by atoms with van der Waals surface area (Å²) in [5.41, 5.74) is 1.23. The molecule has 0 fully saturated rings. The third-order valence-electron chi connectivity index (χ3n) is 3.66. The van der Waals surface area contributed by atoms with Gasteiger partial charge in [-0.3, -0.25) is 4.79 Å². The number of benzene rings is 1. The lowest BCUT2D eigenvalue weighted by molar-refractivity contribution is -0.890. The van der Waals surface area contributed by atoms with Gasteiger partial charge in [0.25, 0.3) is 0 Å². The van der Waals surface area contributed by atoms with E-state index in [1.54, 1.807) is 6.33 Å². The zero-order chi connectivity index (χ0) is 16.7. The molecule has 1 aromatic heterocycles. The monoisotopic (exact) mass is 334 g/mol. The Kier molecular flexibility index (Phi) is 6.61. The van der Waals surface area contributed by atoms with Gasteiger partial charge < -0.3 is 14.8 Å². The second-order valence-electron chi connectivity index (χ2n) is 5.53. The van der Waals surface area contributed by atoms with Crippen molar-refractivity contribution < 1.29 is 9.69 Å². The van der Waals surface area contributed by atoms with Gasteiger partial charge in [-0.1, -0.05) is 42.1 Å². The molecule has 2 rings (SSSR count). The van der Waals surface area contributed by atoms with Gasteiger partial charge in [-0.2, -0.15) is 0 Å². The van der Waals surface area contributed by atoms with E-state index in [0.717, 1.165) is 11.7 Å². The molecule has 1 aromatic carbocycles. The second kappa shape index (κ2) is 8.69. The van der Waals surface area contributed by atoms with Crippen LogP contribution in [0.15, 0.2) is 41.8 Å². The van der Waals surface area contributed by atoms with E-state index >= 15 is 0 Å². The molecule has 2 N–H and O–H groups in total. The van der Waals surface area contributed by atoms with Gasteiger partial charge in [-0.25, -0.2) is 0 Å². The van der Waals surface area contributed by atoms with E-state index in [-0.39, 0.29) is 11.9 Å². The number of thioether (sulfide) groups is 1. The van der Waals surface area contributed by atoms with Crippen molar-refractivity contribution in [2.45, 2.75) is 24.7 Å². The number of rotatable bonds is 8. The Bertz CT molecular complexity index is 614. The summed E-state index contributed by atoms with van der Waals surface area (Å²) in [5, 5.41) is 11.7. The van der Waals surface area contributed by atoms with Crippen molar-refractivity contribution in [2.24, 2.45) is 0 Å². The van der Waals surface area contributed by atoms with Gasteiger partial charge in [0.15, 0.2) is 5.16 Å². The fraction of sp³-hybridized carbons (Fsp3) is 0.438. The highest BCUT2D eigenvalue weighted by atomic mass is 32.2. The lowest BCUT2D eigenvalue weighted by Crippen LogP contribution is -3.07. The molecule has 23 heavy (non-hydrogen) atoms. The number of aryl methyl sites for hydroxylation is 1.